The first-order valence-corrected chi connectivity index (χ1v) is 10.9. The highest BCUT2D eigenvalue weighted by molar-refractivity contribution is 7.08. The lowest BCUT2D eigenvalue weighted by Crippen LogP contribution is -2.44. The molecule has 0 unspecified atom stereocenters. The molecular weight excluding hydrogens is 398 g/mol. The second kappa shape index (κ2) is 8.07. The lowest BCUT2D eigenvalue weighted by Gasteiger charge is -2.28. The molecule has 2 aromatic heterocycles. The number of carbonyl (C=O) groups excluding carboxylic acids is 2. The Bertz CT molecular complexity index is 1040. The van der Waals surface area contributed by atoms with E-state index in [1.165, 1.54) is 5.56 Å². The minimum absolute atomic E-state index is 0.0292. The summed E-state index contributed by atoms with van der Waals surface area (Å²) in [5, 5.41) is 10.9. The molecule has 30 heavy (non-hydrogen) atoms. The number of hydrogen-bond acceptors (Lipinski definition) is 5. The van der Waals surface area contributed by atoms with Crippen molar-refractivity contribution in [2.75, 3.05) is 20.1 Å². The predicted octanol–water partition coefficient (Wildman–Crippen LogP) is 3.84. The van der Waals surface area contributed by atoms with Gasteiger partial charge in [0.25, 0.3) is 5.91 Å². The lowest BCUT2D eigenvalue weighted by molar-refractivity contribution is -0.129. The quantitative estimate of drug-likeness (QED) is 0.677. The van der Waals surface area contributed by atoms with Gasteiger partial charge >= 0.3 is 0 Å². The van der Waals surface area contributed by atoms with Crippen LogP contribution in [0.3, 0.4) is 0 Å². The second-order valence-corrected chi connectivity index (χ2v) is 8.70. The van der Waals surface area contributed by atoms with Crippen LogP contribution in [0.15, 0.2) is 45.6 Å². The molecular formula is C23H25N3O3S. The van der Waals surface area contributed by atoms with E-state index in [0.29, 0.717) is 42.9 Å². The summed E-state index contributed by atoms with van der Waals surface area (Å²) in [4.78, 5) is 27.7. The van der Waals surface area contributed by atoms with Crippen molar-refractivity contribution in [1.29, 1.82) is 0 Å². The Kier molecular flexibility index (Phi) is 5.47. The Labute approximate surface area is 179 Å². The highest BCUT2D eigenvalue weighted by Gasteiger charge is 2.46. The molecule has 0 saturated carbocycles. The Morgan fingerprint density at radius 3 is 2.57 bits per heavy atom. The molecule has 0 radical (unpaired) electrons. The number of nitrogens with one attached hydrogen (secondary N) is 1. The number of rotatable bonds is 5. The monoisotopic (exact) mass is 423 g/mol. The highest BCUT2D eigenvalue weighted by Crippen LogP contribution is 2.36. The fourth-order valence-electron chi connectivity index (χ4n) is 4.30. The molecule has 2 amide bonds. The van der Waals surface area contributed by atoms with Crippen molar-refractivity contribution in [2.24, 2.45) is 5.41 Å². The third-order valence-electron chi connectivity index (χ3n) is 5.95. The minimum Gasteiger partial charge on any atom is -0.361 e. The number of likely N-dealkylation sites (tertiary alicyclic amines) is 1. The molecule has 4 rings (SSSR count). The number of nitrogens with zero attached hydrogens (tertiary/aromatic N) is 2. The maximum absolute atomic E-state index is 13.1. The van der Waals surface area contributed by atoms with Gasteiger partial charge in [-0.1, -0.05) is 29.4 Å². The van der Waals surface area contributed by atoms with Gasteiger partial charge in [0.05, 0.1) is 11.1 Å². The number of benzene rings is 1. The van der Waals surface area contributed by atoms with Crippen molar-refractivity contribution in [2.45, 2.75) is 26.7 Å². The van der Waals surface area contributed by atoms with Crippen molar-refractivity contribution in [3.05, 3.63) is 63.7 Å². The van der Waals surface area contributed by atoms with E-state index in [1.54, 1.807) is 37.1 Å². The van der Waals surface area contributed by atoms with Crippen LogP contribution in [0, 0.1) is 19.3 Å². The van der Waals surface area contributed by atoms with Crippen LogP contribution in [0.25, 0.3) is 11.1 Å². The van der Waals surface area contributed by atoms with Gasteiger partial charge in [0.15, 0.2) is 0 Å². The third kappa shape index (κ3) is 3.65. The molecule has 0 aliphatic carbocycles. The van der Waals surface area contributed by atoms with Gasteiger partial charge in [-0.3, -0.25) is 9.59 Å². The summed E-state index contributed by atoms with van der Waals surface area (Å²) in [6.45, 7) is 4.41. The van der Waals surface area contributed by atoms with Crippen molar-refractivity contribution in [3.63, 3.8) is 0 Å². The standard InChI is InChI=1S/C23H25N3O3S/c1-15-20(16(2)29-25-15)21(27)26-10-9-23(14-26,22(28)24-3)12-17-4-6-18(7-5-17)19-8-11-30-13-19/h4-8,11,13H,9-10,12,14H2,1-3H3,(H,24,28)/t23-/m1/s1. The van der Waals surface area contributed by atoms with Gasteiger partial charge in [-0.25, -0.2) is 0 Å². The molecule has 3 aromatic rings. The van der Waals surface area contributed by atoms with E-state index in [0.717, 1.165) is 11.1 Å². The Morgan fingerprint density at radius 2 is 1.97 bits per heavy atom. The minimum atomic E-state index is -0.646. The van der Waals surface area contributed by atoms with E-state index in [1.807, 2.05) is 0 Å². The number of aryl methyl sites for hydroxylation is 2. The van der Waals surface area contributed by atoms with Crippen LogP contribution in [0.4, 0.5) is 0 Å². The largest absolute Gasteiger partial charge is 0.361 e. The first-order valence-electron chi connectivity index (χ1n) is 9.99. The van der Waals surface area contributed by atoms with E-state index in [9.17, 15) is 9.59 Å². The maximum Gasteiger partial charge on any atom is 0.259 e. The van der Waals surface area contributed by atoms with Crippen LogP contribution in [-0.2, 0) is 11.2 Å². The zero-order valence-corrected chi connectivity index (χ0v) is 18.2. The van der Waals surface area contributed by atoms with E-state index < -0.39 is 5.41 Å². The molecule has 1 fully saturated rings. The number of carbonyl (C=O) groups is 2. The first-order chi connectivity index (χ1) is 14.4. The van der Waals surface area contributed by atoms with Gasteiger partial charge in [-0.2, -0.15) is 11.3 Å². The molecule has 1 saturated heterocycles. The summed E-state index contributed by atoms with van der Waals surface area (Å²) in [5.41, 5.74) is 3.89. The van der Waals surface area contributed by atoms with Crippen LogP contribution >= 0.6 is 11.3 Å². The molecule has 0 spiro atoms. The average molecular weight is 424 g/mol. The SMILES string of the molecule is CNC(=O)[C@@]1(Cc2ccc(-c3ccsc3)cc2)CCN(C(=O)c2c(C)noc2C)C1. The number of aromatic nitrogens is 1. The Balaban J connectivity index is 1.56. The smallest absolute Gasteiger partial charge is 0.259 e. The molecule has 0 bridgehead atoms. The molecule has 156 valence electrons. The average Bonchev–Trinajstić information content (AvgIpc) is 3.49. The number of thiophene rings is 1. The van der Waals surface area contributed by atoms with Crippen LogP contribution in [0.2, 0.25) is 0 Å². The molecule has 3 heterocycles. The van der Waals surface area contributed by atoms with Crippen LogP contribution in [0.1, 0.15) is 33.8 Å². The summed E-state index contributed by atoms with van der Waals surface area (Å²) in [7, 11) is 1.66. The Hall–Kier alpha value is -2.93. The number of hydrogen-bond donors (Lipinski definition) is 1. The predicted molar refractivity (Wildman–Crippen MR) is 116 cm³/mol. The normalized spacial score (nSPS) is 18.6. The van der Waals surface area contributed by atoms with Gasteiger partial charge in [0, 0.05) is 20.1 Å². The van der Waals surface area contributed by atoms with E-state index in [4.69, 9.17) is 4.52 Å². The zero-order valence-electron chi connectivity index (χ0n) is 17.4. The molecule has 1 aromatic carbocycles. The summed E-state index contributed by atoms with van der Waals surface area (Å²) in [6, 6.07) is 10.4. The fraction of sp³-hybridized carbons (Fsp3) is 0.348. The summed E-state index contributed by atoms with van der Waals surface area (Å²) >= 11 is 1.67. The molecule has 6 nitrogen and oxygen atoms in total. The topological polar surface area (TPSA) is 75.4 Å². The van der Waals surface area contributed by atoms with E-state index in [2.05, 4.69) is 51.6 Å². The van der Waals surface area contributed by atoms with Gasteiger partial charge in [-0.05, 0) is 60.2 Å². The Morgan fingerprint density at radius 1 is 1.20 bits per heavy atom. The van der Waals surface area contributed by atoms with Crippen molar-refractivity contribution in [3.8, 4) is 11.1 Å². The van der Waals surface area contributed by atoms with Crippen LogP contribution in [0.5, 0.6) is 0 Å². The number of amides is 2. The molecule has 1 aliphatic heterocycles. The molecule has 7 heteroatoms. The van der Waals surface area contributed by atoms with Gasteiger partial charge in [0.2, 0.25) is 5.91 Å². The summed E-state index contributed by atoms with van der Waals surface area (Å²) in [5.74, 6) is 0.363. The van der Waals surface area contributed by atoms with Gasteiger partial charge < -0.3 is 14.7 Å². The highest BCUT2D eigenvalue weighted by atomic mass is 32.1. The lowest BCUT2D eigenvalue weighted by atomic mass is 9.79. The summed E-state index contributed by atoms with van der Waals surface area (Å²) < 4.78 is 5.16. The second-order valence-electron chi connectivity index (χ2n) is 7.92. The fourth-order valence-corrected chi connectivity index (χ4v) is 4.97. The van der Waals surface area contributed by atoms with Crippen LogP contribution in [-0.4, -0.2) is 42.0 Å². The summed E-state index contributed by atoms with van der Waals surface area (Å²) in [6.07, 6.45) is 1.20. The van der Waals surface area contributed by atoms with Gasteiger partial charge in [-0.15, -0.1) is 0 Å². The van der Waals surface area contributed by atoms with Gasteiger partial charge in [0.1, 0.15) is 11.3 Å². The zero-order chi connectivity index (χ0) is 21.3. The van der Waals surface area contributed by atoms with E-state index >= 15 is 0 Å². The molecule has 1 aliphatic rings. The maximum atomic E-state index is 13.1. The van der Waals surface area contributed by atoms with Crippen LogP contribution < -0.4 is 5.32 Å². The van der Waals surface area contributed by atoms with Crippen molar-refractivity contribution >= 4 is 23.2 Å². The van der Waals surface area contributed by atoms with Crippen molar-refractivity contribution in [1.82, 2.24) is 15.4 Å². The van der Waals surface area contributed by atoms with Crippen molar-refractivity contribution < 1.29 is 14.1 Å². The first kappa shape index (κ1) is 20.3. The van der Waals surface area contributed by atoms with E-state index in [-0.39, 0.29) is 11.8 Å². The molecule has 1 N–H and O–H groups in total. The molecule has 1 atom stereocenters. The third-order valence-corrected chi connectivity index (χ3v) is 6.63.